The molecule has 5 nitrogen and oxygen atoms in total. The second-order valence-electron chi connectivity index (χ2n) is 6.62. The monoisotopic (exact) mass is 541 g/mol. The largest absolute Gasteiger partial charge is 0.497 e. The number of ether oxygens (including phenoxy) is 1. The molecule has 0 amide bonds. The van der Waals surface area contributed by atoms with Crippen LogP contribution in [-0.2, 0) is 14.6 Å². The van der Waals surface area contributed by atoms with Crippen molar-refractivity contribution in [2.24, 2.45) is 4.99 Å². The van der Waals surface area contributed by atoms with Gasteiger partial charge in [-0.1, -0.05) is 41.4 Å². The Hall–Kier alpha value is -1.93. The maximum atomic E-state index is 12.8. The second kappa shape index (κ2) is 9.69. The Kier molecular flexibility index (Phi) is 7.42. The molecule has 0 N–H and O–H groups in total. The topological polar surface area (TPSA) is 72.8 Å². The molecular formula is C22H18BrCl2NO4S. The van der Waals surface area contributed by atoms with Gasteiger partial charge < -0.3 is 4.74 Å². The normalized spacial score (nSPS) is 15.1. The molecule has 0 aliphatic carbocycles. The van der Waals surface area contributed by atoms with E-state index in [1.165, 1.54) is 13.2 Å². The number of sulfone groups is 1. The molecule has 1 aliphatic rings. The van der Waals surface area contributed by atoms with Gasteiger partial charge in [-0.25, -0.2) is 13.4 Å². The van der Waals surface area contributed by atoms with Crippen molar-refractivity contribution >= 4 is 60.5 Å². The number of benzene rings is 2. The van der Waals surface area contributed by atoms with E-state index in [-0.39, 0.29) is 28.5 Å². The molecule has 0 spiro atoms. The molecule has 3 rings (SSSR count). The summed E-state index contributed by atoms with van der Waals surface area (Å²) in [7, 11) is -2.27. The third-order valence-electron chi connectivity index (χ3n) is 4.67. The van der Waals surface area contributed by atoms with Crippen LogP contribution in [0.2, 0.25) is 10.0 Å². The van der Waals surface area contributed by atoms with E-state index in [1.807, 2.05) is 6.92 Å². The molecule has 0 unspecified atom stereocenters. The predicted molar refractivity (Wildman–Crippen MR) is 127 cm³/mol. The van der Waals surface area contributed by atoms with Crippen molar-refractivity contribution in [2.45, 2.75) is 18.2 Å². The summed E-state index contributed by atoms with van der Waals surface area (Å²) >= 11 is 15.7. The van der Waals surface area contributed by atoms with E-state index in [4.69, 9.17) is 27.9 Å². The Bertz CT molecular complexity index is 1250. The molecule has 0 aromatic heterocycles. The minimum Gasteiger partial charge on any atom is -0.497 e. The summed E-state index contributed by atoms with van der Waals surface area (Å²) in [4.78, 5) is 17.3. The minimum absolute atomic E-state index is 0.0732. The zero-order valence-electron chi connectivity index (χ0n) is 16.7. The summed E-state index contributed by atoms with van der Waals surface area (Å²) in [6, 6.07) is 9.84. The fourth-order valence-electron chi connectivity index (χ4n) is 3.01. The third kappa shape index (κ3) is 5.12. The zero-order valence-corrected chi connectivity index (χ0v) is 20.6. The highest BCUT2D eigenvalue weighted by Gasteiger charge is 2.25. The molecule has 0 saturated carbocycles. The average molecular weight is 543 g/mol. The number of methoxy groups -OCH3 is 1. The van der Waals surface area contributed by atoms with Gasteiger partial charge >= 0.3 is 0 Å². The van der Waals surface area contributed by atoms with Crippen LogP contribution >= 0.6 is 39.1 Å². The number of ketones is 1. The highest BCUT2D eigenvalue weighted by molar-refractivity contribution is 9.10. The lowest BCUT2D eigenvalue weighted by Crippen LogP contribution is -2.13. The van der Waals surface area contributed by atoms with E-state index in [2.05, 4.69) is 20.9 Å². The summed E-state index contributed by atoms with van der Waals surface area (Å²) in [5.41, 5.74) is 2.02. The first kappa shape index (κ1) is 23.7. The van der Waals surface area contributed by atoms with Crippen LogP contribution in [0.3, 0.4) is 0 Å². The van der Waals surface area contributed by atoms with Gasteiger partial charge in [0.1, 0.15) is 11.4 Å². The van der Waals surface area contributed by atoms with Crippen molar-refractivity contribution in [3.05, 3.63) is 79.9 Å². The number of carbonyl (C=O) groups excluding carboxylic acids is 1. The molecule has 2 aromatic rings. The van der Waals surface area contributed by atoms with Crippen molar-refractivity contribution in [1.82, 2.24) is 0 Å². The Morgan fingerprint density at radius 3 is 2.65 bits per heavy atom. The lowest BCUT2D eigenvalue weighted by Gasteiger charge is -2.08. The first-order valence-corrected chi connectivity index (χ1v) is 12.4. The van der Waals surface area contributed by atoms with Crippen molar-refractivity contribution < 1.29 is 17.9 Å². The van der Waals surface area contributed by atoms with Crippen LogP contribution in [0.5, 0.6) is 5.75 Å². The first-order chi connectivity index (χ1) is 14.7. The number of nitrogens with zero attached hydrogens (tertiary/aromatic N) is 1. The molecule has 9 heteroatoms. The Morgan fingerprint density at radius 1 is 1.23 bits per heavy atom. The van der Waals surface area contributed by atoms with Gasteiger partial charge in [-0.15, -0.1) is 0 Å². The van der Waals surface area contributed by atoms with E-state index in [0.29, 0.717) is 37.1 Å². The molecule has 0 radical (unpaired) electrons. The number of halogens is 3. The van der Waals surface area contributed by atoms with Gasteiger partial charge in [0.05, 0.1) is 33.5 Å². The average Bonchev–Trinajstić information content (AvgIpc) is 3.18. The number of allylic oxidation sites excluding steroid dienone is 4. The summed E-state index contributed by atoms with van der Waals surface area (Å²) in [5, 5.41) is 0.724. The van der Waals surface area contributed by atoms with Gasteiger partial charge in [-0.2, -0.15) is 0 Å². The van der Waals surface area contributed by atoms with Crippen LogP contribution < -0.4 is 4.74 Å². The zero-order chi connectivity index (χ0) is 22.8. The highest BCUT2D eigenvalue weighted by Crippen LogP contribution is 2.32. The van der Waals surface area contributed by atoms with Gasteiger partial charge in [0.2, 0.25) is 0 Å². The second-order valence-corrected chi connectivity index (χ2v) is 10.3. The summed E-state index contributed by atoms with van der Waals surface area (Å²) in [5.74, 6) is -0.324. The predicted octanol–water partition coefficient (Wildman–Crippen LogP) is 5.83. The van der Waals surface area contributed by atoms with E-state index < -0.39 is 9.84 Å². The third-order valence-corrected chi connectivity index (χ3v) is 8.19. The fraction of sp³-hybridized carbons (Fsp3) is 0.182. The summed E-state index contributed by atoms with van der Waals surface area (Å²) < 4.78 is 31.1. The molecule has 0 fully saturated rings. The van der Waals surface area contributed by atoms with Gasteiger partial charge in [0.15, 0.2) is 15.6 Å². The lowest BCUT2D eigenvalue weighted by molar-refractivity contribution is -0.115. The van der Waals surface area contributed by atoms with E-state index in [1.54, 1.807) is 42.5 Å². The molecule has 162 valence electrons. The van der Waals surface area contributed by atoms with Crippen LogP contribution in [0.1, 0.15) is 18.9 Å². The van der Waals surface area contributed by atoms with Crippen LogP contribution in [0.4, 0.5) is 0 Å². The quantitative estimate of drug-likeness (QED) is 0.441. The SMILES string of the molecule is C/C=C1\C=C(C(=O)CCS(=O)(=O)c2cc(OC)ccc2Br)N=C1c1cccc(Cl)c1Cl. The maximum Gasteiger partial charge on any atom is 0.182 e. The van der Waals surface area contributed by atoms with Crippen molar-refractivity contribution in [3.63, 3.8) is 0 Å². The van der Waals surface area contributed by atoms with Crippen molar-refractivity contribution in [2.75, 3.05) is 12.9 Å². The molecule has 1 aliphatic heterocycles. The van der Waals surface area contributed by atoms with Gasteiger partial charge in [0, 0.05) is 16.5 Å². The first-order valence-electron chi connectivity index (χ1n) is 9.19. The van der Waals surface area contributed by atoms with Gasteiger partial charge in [0.25, 0.3) is 0 Å². The molecule has 0 bridgehead atoms. The molecule has 1 heterocycles. The van der Waals surface area contributed by atoms with Gasteiger partial charge in [-0.3, -0.25) is 4.79 Å². The Labute approximate surface area is 199 Å². The Balaban J connectivity index is 1.82. The number of hydrogen-bond acceptors (Lipinski definition) is 5. The molecule has 31 heavy (non-hydrogen) atoms. The van der Waals surface area contributed by atoms with Crippen LogP contribution in [-0.4, -0.2) is 32.8 Å². The van der Waals surface area contributed by atoms with E-state index >= 15 is 0 Å². The fourth-order valence-corrected chi connectivity index (χ4v) is 5.72. The lowest BCUT2D eigenvalue weighted by atomic mass is 10.0. The van der Waals surface area contributed by atoms with Crippen molar-refractivity contribution in [3.8, 4) is 5.75 Å². The number of Topliss-reactive ketones (excluding diaryl/α,β-unsaturated/α-hetero) is 1. The maximum absolute atomic E-state index is 12.8. The highest BCUT2D eigenvalue weighted by atomic mass is 79.9. The summed E-state index contributed by atoms with van der Waals surface area (Å²) in [6.07, 6.45) is 3.22. The standard InChI is InChI=1S/C22H18BrCl2NO4S/c1-3-13-11-18(26-22(13)15-5-4-6-17(24)21(15)25)19(27)9-10-31(28,29)20-12-14(30-2)7-8-16(20)23/h3-8,11-12H,9-10H2,1-2H3/b13-3+. The van der Waals surface area contributed by atoms with Gasteiger partial charge in [-0.05, 0) is 58.8 Å². The number of carbonyl (C=O) groups is 1. The smallest absolute Gasteiger partial charge is 0.182 e. The summed E-state index contributed by atoms with van der Waals surface area (Å²) in [6.45, 7) is 1.82. The molecular weight excluding hydrogens is 525 g/mol. The van der Waals surface area contributed by atoms with Crippen LogP contribution in [0.25, 0.3) is 0 Å². The Morgan fingerprint density at radius 2 is 1.97 bits per heavy atom. The molecule has 0 saturated heterocycles. The van der Waals surface area contributed by atoms with Crippen LogP contribution in [0, 0.1) is 0 Å². The molecule has 0 atom stereocenters. The number of aliphatic imine (C=N–C) groups is 1. The van der Waals surface area contributed by atoms with E-state index in [9.17, 15) is 13.2 Å². The number of rotatable bonds is 7. The van der Waals surface area contributed by atoms with Crippen LogP contribution in [0.15, 0.2) is 74.2 Å². The van der Waals surface area contributed by atoms with Crippen molar-refractivity contribution in [1.29, 1.82) is 0 Å². The molecule has 2 aromatic carbocycles. The van der Waals surface area contributed by atoms with E-state index in [0.717, 1.165) is 0 Å². The minimum atomic E-state index is -3.72. The number of hydrogen-bond donors (Lipinski definition) is 0.